The Labute approximate surface area is 207 Å². The van der Waals surface area contributed by atoms with Crippen molar-refractivity contribution in [2.24, 2.45) is 0 Å². The summed E-state index contributed by atoms with van der Waals surface area (Å²) in [7, 11) is -2.15. The highest BCUT2D eigenvalue weighted by atomic mass is 35.5. The molecule has 1 N–H and O–H groups in total. The van der Waals surface area contributed by atoms with Gasteiger partial charge in [-0.1, -0.05) is 44.0 Å². The zero-order valence-electron chi connectivity index (χ0n) is 20.1. The van der Waals surface area contributed by atoms with Gasteiger partial charge in [-0.25, -0.2) is 8.42 Å². The highest BCUT2D eigenvalue weighted by Crippen LogP contribution is 2.33. The van der Waals surface area contributed by atoms with Crippen LogP contribution in [0.25, 0.3) is 0 Å². The number of amides is 1. The summed E-state index contributed by atoms with van der Waals surface area (Å²) in [5, 5.41) is 3.51. The second-order valence-corrected chi connectivity index (χ2v) is 11.1. The molecular formula is C24H32Cl2N2O4S. The maximum absolute atomic E-state index is 13.3. The molecular weight excluding hydrogens is 483 g/mol. The summed E-state index contributed by atoms with van der Waals surface area (Å²) in [5.74, 6) is 0.642. The largest absolute Gasteiger partial charge is 0.496 e. The van der Waals surface area contributed by atoms with Crippen LogP contribution in [0, 0.1) is 6.92 Å². The number of nitrogens with zero attached hydrogens (tertiary/aromatic N) is 1. The number of aryl methyl sites for hydroxylation is 1. The quantitative estimate of drug-likeness (QED) is 0.454. The van der Waals surface area contributed by atoms with E-state index < -0.39 is 22.0 Å². The lowest BCUT2D eigenvalue weighted by atomic mass is 9.93. The Morgan fingerprint density at radius 3 is 2.21 bits per heavy atom. The van der Waals surface area contributed by atoms with Crippen molar-refractivity contribution >= 4 is 44.8 Å². The highest BCUT2D eigenvalue weighted by molar-refractivity contribution is 7.92. The summed E-state index contributed by atoms with van der Waals surface area (Å²) in [6, 6.07) is 7.21. The van der Waals surface area contributed by atoms with E-state index in [4.69, 9.17) is 27.9 Å². The van der Waals surface area contributed by atoms with Crippen molar-refractivity contribution in [3.05, 3.63) is 57.1 Å². The van der Waals surface area contributed by atoms with Crippen LogP contribution in [0.4, 0.5) is 5.69 Å². The van der Waals surface area contributed by atoms with Crippen LogP contribution in [-0.4, -0.2) is 33.7 Å². The van der Waals surface area contributed by atoms with Gasteiger partial charge < -0.3 is 10.1 Å². The molecule has 2 aromatic rings. The van der Waals surface area contributed by atoms with E-state index in [2.05, 4.69) is 19.2 Å². The van der Waals surface area contributed by atoms with Crippen LogP contribution < -0.4 is 14.4 Å². The van der Waals surface area contributed by atoms with Crippen molar-refractivity contribution in [2.75, 3.05) is 17.7 Å². The monoisotopic (exact) mass is 514 g/mol. The summed E-state index contributed by atoms with van der Waals surface area (Å²) in [6.45, 7) is 9.76. The van der Waals surface area contributed by atoms with Crippen molar-refractivity contribution in [2.45, 2.75) is 59.0 Å². The molecule has 0 saturated carbocycles. The van der Waals surface area contributed by atoms with Crippen LogP contribution in [0.5, 0.6) is 5.75 Å². The molecule has 0 aliphatic heterocycles. The van der Waals surface area contributed by atoms with Gasteiger partial charge >= 0.3 is 0 Å². The minimum absolute atomic E-state index is 0.210. The number of rotatable bonds is 9. The van der Waals surface area contributed by atoms with Gasteiger partial charge in [-0.15, -0.1) is 0 Å². The molecule has 0 aliphatic rings. The molecule has 33 heavy (non-hydrogen) atoms. The summed E-state index contributed by atoms with van der Waals surface area (Å²) in [6.07, 6.45) is 1.34. The highest BCUT2D eigenvalue weighted by Gasteiger charge is 2.32. The van der Waals surface area contributed by atoms with E-state index in [9.17, 15) is 13.2 Å². The first-order valence-corrected chi connectivity index (χ1v) is 13.3. The molecule has 2 unspecified atom stereocenters. The SMILES string of the molecule is CCC(C(=O)NC(C)c1cc(C(C)C)c(OC)cc1C)N(c1ccc(Cl)c(Cl)c1)S(C)(=O)=O. The molecule has 182 valence electrons. The van der Waals surface area contributed by atoms with Gasteiger partial charge in [0.2, 0.25) is 15.9 Å². The Kier molecular flexibility index (Phi) is 9.08. The molecule has 0 spiro atoms. The topological polar surface area (TPSA) is 75.7 Å². The maximum atomic E-state index is 13.3. The minimum Gasteiger partial charge on any atom is -0.496 e. The van der Waals surface area contributed by atoms with Gasteiger partial charge in [-0.2, -0.15) is 0 Å². The van der Waals surface area contributed by atoms with Crippen LogP contribution in [0.3, 0.4) is 0 Å². The van der Waals surface area contributed by atoms with Crippen molar-refractivity contribution in [3.8, 4) is 5.75 Å². The first-order valence-electron chi connectivity index (χ1n) is 10.7. The number of methoxy groups -OCH3 is 1. The number of carbonyl (C=O) groups is 1. The average Bonchev–Trinajstić information content (AvgIpc) is 2.72. The van der Waals surface area contributed by atoms with Gasteiger partial charge in [0.15, 0.2) is 0 Å². The van der Waals surface area contributed by atoms with E-state index >= 15 is 0 Å². The Morgan fingerprint density at radius 1 is 1.09 bits per heavy atom. The Balaban J connectivity index is 2.41. The Bertz CT molecular complexity index is 1120. The normalized spacial score (nSPS) is 13.5. The predicted molar refractivity (Wildman–Crippen MR) is 136 cm³/mol. The molecule has 0 radical (unpaired) electrons. The van der Waals surface area contributed by atoms with Crippen LogP contribution in [0.1, 0.15) is 62.8 Å². The molecule has 0 aliphatic carbocycles. The molecule has 0 heterocycles. The van der Waals surface area contributed by atoms with E-state index in [1.54, 1.807) is 14.0 Å². The lowest BCUT2D eigenvalue weighted by Gasteiger charge is -2.31. The second kappa shape index (κ2) is 11.0. The minimum atomic E-state index is -3.79. The number of carbonyl (C=O) groups excluding carboxylic acids is 1. The van der Waals surface area contributed by atoms with Crippen LogP contribution in [0.2, 0.25) is 10.0 Å². The molecule has 6 nitrogen and oxygen atoms in total. The molecule has 2 rings (SSSR count). The van der Waals surface area contributed by atoms with Gasteiger partial charge in [0.1, 0.15) is 11.8 Å². The average molecular weight is 516 g/mol. The zero-order chi connectivity index (χ0) is 25.1. The molecule has 0 bridgehead atoms. The lowest BCUT2D eigenvalue weighted by Crippen LogP contribution is -2.49. The van der Waals surface area contributed by atoms with Crippen molar-refractivity contribution in [1.29, 1.82) is 0 Å². The smallest absolute Gasteiger partial charge is 0.244 e. The molecule has 2 atom stereocenters. The summed E-state index contributed by atoms with van der Waals surface area (Å²) >= 11 is 12.1. The Hall–Kier alpha value is -1.96. The summed E-state index contributed by atoms with van der Waals surface area (Å²) in [5.41, 5.74) is 3.24. The fraction of sp³-hybridized carbons (Fsp3) is 0.458. The van der Waals surface area contributed by atoms with Gasteiger partial charge in [0.05, 0.1) is 35.1 Å². The van der Waals surface area contributed by atoms with E-state index in [1.807, 2.05) is 26.0 Å². The van der Waals surface area contributed by atoms with E-state index in [0.29, 0.717) is 5.02 Å². The fourth-order valence-corrected chi connectivity index (χ4v) is 5.38. The van der Waals surface area contributed by atoms with Gasteiger partial charge in [0, 0.05) is 0 Å². The summed E-state index contributed by atoms with van der Waals surface area (Å²) in [4.78, 5) is 13.3. The molecule has 1 amide bonds. The lowest BCUT2D eigenvalue weighted by molar-refractivity contribution is -0.122. The van der Waals surface area contributed by atoms with Crippen molar-refractivity contribution in [1.82, 2.24) is 5.32 Å². The number of hydrogen-bond acceptors (Lipinski definition) is 4. The molecule has 9 heteroatoms. The number of halogens is 2. The van der Waals surface area contributed by atoms with Crippen molar-refractivity contribution < 1.29 is 17.9 Å². The van der Waals surface area contributed by atoms with Gasteiger partial charge in [-0.05, 0) is 73.2 Å². The number of hydrogen-bond donors (Lipinski definition) is 1. The number of sulfonamides is 1. The molecule has 0 aromatic heterocycles. The van der Waals surface area contributed by atoms with Crippen LogP contribution >= 0.6 is 23.2 Å². The zero-order valence-corrected chi connectivity index (χ0v) is 22.4. The third-order valence-corrected chi connectivity index (χ3v) is 7.47. The number of anilines is 1. The van der Waals surface area contributed by atoms with E-state index in [0.717, 1.165) is 33.0 Å². The fourth-order valence-electron chi connectivity index (χ4n) is 3.88. The second-order valence-electron chi connectivity index (χ2n) is 8.42. The number of nitrogens with one attached hydrogen (secondary N) is 1. The third-order valence-electron chi connectivity index (χ3n) is 5.55. The molecule has 0 saturated heterocycles. The first-order chi connectivity index (χ1) is 15.3. The van der Waals surface area contributed by atoms with Gasteiger partial charge in [0.25, 0.3) is 0 Å². The predicted octanol–water partition coefficient (Wildman–Crippen LogP) is 5.86. The first kappa shape index (κ1) is 27.3. The third kappa shape index (κ3) is 6.34. The van der Waals surface area contributed by atoms with E-state index in [1.165, 1.54) is 18.2 Å². The van der Waals surface area contributed by atoms with Crippen molar-refractivity contribution in [3.63, 3.8) is 0 Å². The van der Waals surface area contributed by atoms with Crippen LogP contribution in [0.15, 0.2) is 30.3 Å². The number of benzene rings is 2. The number of ether oxygens (including phenoxy) is 1. The van der Waals surface area contributed by atoms with Gasteiger partial charge in [-0.3, -0.25) is 9.10 Å². The maximum Gasteiger partial charge on any atom is 0.244 e. The standard InChI is InChI=1S/C24H32Cl2N2O4S/c1-8-22(28(33(7,30)31)17-9-10-20(25)21(26)12-17)24(29)27-16(5)19-13-18(14(2)3)23(32-6)11-15(19)4/h9-14,16,22H,8H2,1-7H3,(H,27,29). The van der Waals surface area contributed by atoms with Crippen LogP contribution in [-0.2, 0) is 14.8 Å². The van der Waals surface area contributed by atoms with E-state index in [-0.39, 0.29) is 29.1 Å². The summed E-state index contributed by atoms with van der Waals surface area (Å²) < 4.78 is 32.0. The molecule has 2 aromatic carbocycles. The molecule has 0 fully saturated rings. The Morgan fingerprint density at radius 2 is 1.73 bits per heavy atom.